The molecule has 32 heavy (non-hydrogen) atoms. The number of amides is 1. The number of pyridine rings is 2. The van der Waals surface area contributed by atoms with Crippen molar-refractivity contribution in [3.63, 3.8) is 0 Å². The van der Waals surface area contributed by atoms with E-state index in [-0.39, 0.29) is 27.1 Å². The van der Waals surface area contributed by atoms with Crippen LogP contribution in [0.3, 0.4) is 0 Å². The molecule has 1 aromatic carbocycles. The number of benzene rings is 1. The van der Waals surface area contributed by atoms with Gasteiger partial charge in [0.1, 0.15) is 0 Å². The first-order valence-electron chi connectivity index (χ1n) is 11.0. The fraction of sp³-hybridized carbons (Fsp3) is 0.320. The van der Waals surface area contributed by atoms with E-state index in [2.05, 4.69) is 51.9 Å². The van der Waals surface area contributed by atoms with Crippen LogP contribution in [0.2, 0.25) is 0 Å². The summed E-state index contributed by atoms with van der Waals surface area (Å²) in [5.41, 5.74) is 6.66. The molecule has 0 saturated heterocycles. The molecule has 0 fully saturated rings. The molecule has 2 aromatic heterocycles. The summed E-state index contributed by atoms with van der Waals surface area (Å²) >= 11 is -0.281. The van der Waals surface area contributed by atoms with Crippen molar-refractivity contribution >= 4 is 43.3 Å². The van der Waals surface area contributed by atoms with Gasteiger partial charge in [0, 0.05) is 0 Å². The van der Waals surface area contributed by atoms with Crippen LogP contribution in [-0.2, 0) is 17.0 Å². The van der Waals surface area contributed by atoms with Crippen molar-refractivity contribution in [1.29, 1.82) is 0 Å². The van der Waals surface area contributed by atoms with Crippen LogP contribution in [0.1, 0.15) is 47.3 Å². The number of rotatable bonds is 5. The van der Waals surface area contributed by atoms with Crippen molar-refractivity contribution in [2.45, 2.75) is 37.3 Å². The standard InChI is InChI=1S/C25H27AsN5O/c1-25(2)9-13-27-21-14-17(5-6-20(21)25)31-24(32)19-4-3-10-28-22(19)26-15-16-7-11-29-23-18(16)8-12-30-23/h3-7,10-11,14,27H,8-9,12-13,15H2,1-2H3,(H,29,30)(H,31,32). The number of carbonyl (C=O) groups is 1. The van der Waals surface area contributed by atoms with E-state index in [4.69, 9.17) is 0 Å². The van der Waals surface area contributed by atoms with E-state index in [0.717, 1.165) is 52.8 Å². The van der Waals surface area contributed by atoms with Gasteiger partial charge in [0.2, 0.25) is 0 Å². The van der Waals surface area contributed by atoms with Crippen molar-refractivity contribution in [3.05, 3.63) is 71.0 Å². The van der Waals surface area contributed by atoms with E-state index >= 15 is 0 Å². The topological polar surface area (TPSA) is 78.9 Å². The summed E-state index contributed by atoms with van der Waals surface area (Å²) in [4.78, 5) is 22.2. The minimum atomic E-state index is -0.281. The summed E-state index contributed by atoms with van der Waals surface area (Å²) in [7, 11) is 0. The van der Waals surface area contributed by atoms with E-state index < -0.39 is 0 Å². The quantitative estimate of drug-likeness (QED) is 0.481. The van der Waals surface area contributed by atoms with Crippen molar-refractivity contribution in [1.82, 2.24) is 9.97 Å². The Labute approximate surface area is 195 Å². The maximum absolute atomic E-state index is 13.2. The van der Waals surface area contributed by atoms with Crippen LogP contribution in [0, 0.1) is 0 Å². The van der Waals surface area contributed by atoms with Gasteiger partial charge in [-0.15, -0.1) is 0 Å². The van der Waals surface area contributed by atoms with E-state index in [1.807, 2.05) is 30.5 Å². The Morgan fingerprint density at radius 3 is 2.94 bits per heavy atom. The zero-order chi connectivity index (χ0) is 22.1. The summed E-state index contributed by atoms with van der Waals surface area (Å²) < 4.78 is 0.912. The number of hydrogen-bond donors (Lipinski definition) is 3. The van der Waals surface area contributed by atoms with Crippen LogP contribution in [0.25, 0.3) is 0 Å². The maximum atomic E-state index is 13.2. The van der Waals surface area contributed by atoms with Gasteiger partial charge in [-0.05, 0) is 0 Å². The third-order valence-electron chi connectivity index (χ3n) is 6.32. The summed E-state index contributed by atoms with van der Waals surface area (Å²) in [5, 5.41) is 10.8. The number of hydrogen-bond acceptors (Lipinski definition) is 5. The number of fused-ring (bicyclic) bond motifs is 2. The van der Waals surface area contributed by atoms with Gasteiger partial charge in [-0.3, -0.25) is 0 Å². The molecule has 3 aromatic rings. The first kappa shape index (κ1) is 21.0. The molecule has 6 nitrogen and oxygen atoms in total. The Bertz CT molecular complexity index is 1180. The van der Waals surface area contributed by atoms with Crippen LogP contribution in [0.15, 0.2) is 48.8 Å². The minimum absolute atomic E-state index is 0.0972. The average Bonchev–Trinajstić information content (AvgIpc) is 3.27. The summed E-state index contributed by atoms with van der Waals surface area (Å²) in [5.74, 6) is 0.909. The van der Waals surface area contributed by atoms with Gasteiger partial charge < -0.3 is 0 Å². The van der Waals surface area contributed by atoms with E-state index in [9.17, 15) is 4.79 Å². The van der Waals surface area contributed by atoms with Crippen LogP contribution in [-0.4, -0.2) is 44.7 Å². The monoisotopic (exact) mass is 488 g/mol. The van der Waals surface area contributed by atoms with Crippen molar-refractivity contribution in [3.8, 4) is 0 Å². The second kappa shape index (κ2) is 8.59. The molecule has 0 saturated carbocycles. The zero-order valence-electron chi connectivity index (χ0n) is 18.4. The molecule has 0 aliphatic carbocycles. The van der Waals surface area contributed by atoms with Gasteiger partial charge in [0.15, 0.2) is 0 Å². The van der Waals surface area contributed by atoms with Gasteiger partial charge in [0.25, 0.3) is 0 Å². The molecule has 1 amide bonds. The number of nitrogens with one attached hydrogen (secondary N) is 3. The normalized spacial score (nSPS) is 16.2. The number of aromatic nitrogens is 2. The van der Waals surface area contributed by atoms with Crippen molar-refractivity contribution < 1.29 is 4.79 Å². The summed E-state index contributed by atoms with van der Waals surface area (Å²) in [6.45, 7) is 6.43. The predicted molar refractivity (Wildman–Crippen MR) is 130 cm³/mol. The van der Waals surface area contributed by atoms with Crippen molar-refractivity contribution in [2.75, 3.05) is 29.0 Å². The Kier molecular flexibility index (Phi) is 5.64. The third kappa shape index (κ3) is 4.12. The molecule has 0 spiro atoms. The molecule has 5 rings (SSSR count). The zero-order valence-corrected chi connectivity index (χ0v) is 20.3. The molecular formula is C25H27AsN5O. The van der Waals surface area contributed by atoms with Crippen LogP contribution < -0.4 is 20.4 Å². The number of anilines is 3. The van der Waals surface area contributed by atoms with Crippen molar-refractivity contribution in [2.24, 2.45) is 0 Å². The molecule has 2 aliphatic heterocycles. The van der Waals surface area contributed by atoms with Gasteiger partial charge in [0.05, 0.1) is 0 Å². The van der Waals surface area contributed by atoms with Crippen LogP contribution >= 0.6 is 0 Å². The SMILES string of the molecule is CC1(C)CCNc2cc(NC(=O)c3cccnc3[As]Cc3ccnc4c3CCN4)ccc21. The van der Waals surface area contributed by atoms with Crippen LogP contribution in [0.4, 0.5) is 17.2 Å². The van der Waals surface area contributed by atoms with E-state index in [1.54, 1.807) is 6.20 Å². The van der Waals surface area contributed by atoms with Gasteiger partial charge in [-0.1, -0.05) is 0 Å². The second-order valence-electron chi connectivity index (χ2n) is 8.94. The Hall–Kier alpha value is -2.85. The molecule has 0 bridgehead atoms. The summed E-state index contributed by atoms with van der Waals surface area (Å²) in [6.07, 6.45) is 5.76. The van der Waals surface area contributed by atoms with Crippen LogP contribution in [0.5, 0.6) is 0 Å². The Morgan fingerprint density at radius 1 is 1.12 bits per heavy atom. The first-order chi connectivity index (χ1) is 15.5. The molecule has 7 heteroatoms. The third-order valence-corrected chi connectivity index (χ3v) is 8.75. The van der Waals surface area contributed by atoms with Gasteiger partial charge in [-0.2, -0.15) is 0 Å². The van der Waals surface area contributed by atoms with E-state index in [0.29, 0.717) is 5.56 Å². The van der Waals surface area contributed by atoms with Gasteiger partial charge in [-0.25, -0.2) is 0 Å². The fourth-order valence-electron chi connectivity index (χ4n) is 4.48. The molecule has 3 N–H and O–H groups in total. The Balaban J connectivity index is 1.33. The Morgan fingerprint density at radius 2 is 2.03 bits per heavy atom. The number of nitrogens with zero attached hydrogens (tertiary/aromatic N) is 2. The number of carbonyl (C=O) groups excluding carboxylic acids is 1. The molecule has 0 unspecified atom stereocenters. The van der Waals surface area contributed by atoms with E-state index in [1.165, 1.54) is 16.7 Å². The average molecular weight is 488 g/mol. The summed E-state index contributed by atoms with van der Waals surface area (Å²) in [6, 6.07) is 12.0. The molecule has 1 radical (unpaired) electrons. The molecular weight excluding hydrogens is 461 g/mol. The molecule has 0 atom stereocenters. The molecule has 4 heterocycles. The molecule has 2 aliphatic rings. The predicted octanol–water partition coefficient (Wildman–Crippen LogP) is 3.32. The molecule has 163 valence electrons. The first-order valence-corrected chi connectivity index (χ1v) is 13.3. The second-order valence-corrected chi connectivity index (χ2v) is 11.2. The van der Waals surface area contributed by atoms with Gasteiger partial charge >= 0.3 is 195 Å². The fourth-order valence-corrected chi connectivity index (χ4v) is 6.81.